The first-order valence-corrected chi connectivity index (χ1v) is 16.4. The lowest BCUT2D eigenvalue weighted by atomic mass is 9.96. The van der Waals surface area contributed by atoms with E-state index in [4.69, 9.17) is 9.97 Å². The molecular weight excluding hydrogens is 686 g/mol. The van der Waals surface area contributed by atoms with Crippen molar-refractivity contribution in [3.63, 3.8) is 0 Å². The normalized spacial score (nSPS) is 11.9. The molecule has 0 aliphatic rings. The zero-order chi connectivity index (χ0) is 36.9. The van der Waals surface area contributed by atoms with Gasteiger partial charge in [0, 0.05) is 33.2 Å². The Morgan fingerprint density at radius 1 is 0.509 bits per heavy atom. The fourth-order valence-corrected chi connectivity index (χ4v) is 6.66. The highest BCUT2D eigenvalue weighted by Gasteiger charge is 2.38. The topological polar surface area (TPSA) is 54.5 Å². The van der Waals surface area contributed by atoms with Crippen molar-refractivity contribution < 1.29 is 26.3 Å². The number of fused-ring (bicyclic) bond motifs is 3. The molecule has 0 radical (unpaired) electrons. The van der Waals surface area contributed by atoms with E-state index in [1.807, 2.05) is 95.6 Å². The van der Waals surface area contributed by atoms with E-state index in [-0.39, 0.29) is 17.2 Å². The van der Waals surface area contributed by atoms with Gasteiger partial charge in [-0.15, -0.1) is 0 Å². The summed E-state index contributed by atoms with van der Waals surface area (Å²) in [5.74, 6) is 0.296. The molecule has 8 aromatic rings. The third-order valence-corrected chi connectivity index (χ3v) is 9.13. The zero-order valence-electron chi connectivity index (χ0n) is 27.4. The van der Waals surface area contributed by atoms with Crippen molar-refractivity contribution in [2.24, 2.45) is 0 Å². The maximum absolute atomic E-state index is 14.3. The Kier molecular flexibility index (Phi) is 8.07. The van der Waals surface area contributed by atoms with E-state index < -0.39 is 23.5 Å². The standard InChI is InChI=1S/C43H24F6N4/c44-42(45,46)30-17-20-32(36(22-30)43(47,48)49)28-16-19-34-33-13-7-8-14-39(33)53(40(34)21-28)31-18-15-29(25-50)35(23-31)41-51-37(26-9-3-1-4-10-26)24-38(52-41)27-11-5-2-6-12-27/h1-24H. The maximum atomic E-state index is 14.3. The van der Waals surface area contributed by atoms with Crippen LogP contribution in [0.2, 0.25) is 0 Å². The quantitative estimate of drug-likeness (QED) is 0.167. The molecule has 10 heteroatoms. The van der Waals surface area contributed by atoms with Crippen LogP contribution in [0.25, 0.3) is 72.5 Å². The van der Waals surface area contributed by atoms with E-state index in [0.29, 0.717) is 51.0 Å². The van der Waals surface area contributed by atoms with Gasteiger partial charge in [-0.25, -0.2) is 9.97 Å². The van der Waals surface area contributed by atoms with E-state index >= 15 is 0 Å². The summed E-state index contributed by atoms with van der Waals surface area (Å²) in [5, 5.41) is 11.8. The molecule has 0 bridgehead atoms. The number of nitriles is 1. The van der Waals surface area contributed by atoms with Crippen molar-refractivity contribution in [3.05, 3.63) is 162 Å². The van der Waals surface area contributed by atoms with Crippen LogP contribution in [0.3, 0.4) is 0 Å². The van der Waals surface area contributed by atoms with Gasteiger partial charge >= 0.3 is 12.4 Å². The van der Waals surface area contributed by atoms with E-state index in [2.05, 4.69) is 6.07 Å². The van der Waals surface area contributed by atoms with E-state index in [0.717, 1.165) is 28.1 Å². The smallest absolute Gasteiger partial charge is 0.309 e. The highest BCUT2D eigenvalue weighted by molar-refractivity contribution is 6.10. The Morgan fingerprint density at radius 3 is 1.75 bits per heavy atom. The van der Waals surface area contributed by atoms with Gasteiger partial charge in [-0.05, 0) is 59.7 Å². The summed E-state index contributed by atoms with van der Waals surface area (Å²) < 4.78 is 85.1. The highest BCUT2D eigenvalue weighted by Crippen LogP contribution is 2.43. The van der Waals surface area contributed by atoms with Gasteiger partial charge in [0.05, 0.1) is 45.2 Å². The molecule has 2 aromatic heterocycles. The molecule has 0 aliphatic heterocycles. The first-order chi connectivity index (χ1) is 25.5. The molecule has 6 aromatic carbocycles. The Hall–Kier alpha value is -6.73. The maximum Gasteiger partial charge on any atom is 0.417 e. The SMILES string of the molecule is N#Cc1ccc(-n2c3ccccc3c3ccc(-c4ccc(C(F)(F)F)cc4C(F)(F)F)cc32)cc1-c1nc(-c2ccccc2)cc(-c2ccccc2)n1. The lowest BCUT2D eigenvalue weighted by Gasteiger charge is -2.17. The molecule has 0 spiro atoms. The number of aromatic nitrogens is 3. The fraction of sp³-hybridized carbons (Fsp3) is 0.0465. The highest BCUT2D eigenvalue weighted by atomic mass is 19.4. The van der Waals surface area contributed by atoms with Crippen LogP contribution in [0.5, 0.6) is 0 Å². The number of nitrogens with zero attached hydrogens (tertiary/aromatic N) is 4. The third kappa shape index (κ3) is 6.16. The van der Waals surface area contributed by atoms with Crippen LogP contribution in [-0.4, -0.2) is 14.5 Å². The van der Waals surface area contributed by atoms with Gasteiger partial charge in [-0.3, -0.25) is 0 Å². The largest absolute Gasteiger partial charge is 0.417 e. The van der Waals surface area contributed by atoms with Crippen molar-refractivity contribution in [2.45, 2.75) is 12.4 Å². The van der Waals surface area contributed by atoms with E-state index in [1.165, 1.54) is 6.07 Å². The molecule has 0 saturated carbocycles. The Labute approximate surface area is 298 Å². The molecule has 8 rings (SSSR count). The van der Waals surface area contributed by atoms with Crippen molar-refractivity contribution in [3.8, 4) is 56.8 Å². The van der Waals surface area contributed by atoms with Crippen LogP contribution in [0.1, 0.15) is 16.7 Å². The second-order valence-electron chi connectivity index (χ2n) is 12.4. The number of halogens is 6. The minimum atomic E-state index is -5.05. The molecule has 53 heavy (non-hydrogen) atoms. The fourth-order valence-electron chi connectivity index (χ4n) is 6.66. The number of para-hydroxylation sites is 1. The average Bonchev–Trinajstić information content (AvgIpc) is 3.51. The Morgan fingerprint density at radius 2 is 1.13 bits per heavy atom. The third-order valence-electron chi connectivity index (χ3n) is 9.13. The summed E-state index contributed by atoms with van der Waals surface area (Å²) in [6, 6.07) is 42.2. The van der Waals surface area contributed by atoms with Crippen LogP contribution in [0.15, 0.2) is 146 Å². The van der Waals surface area contributed by atoms with Gasteiger partial charge in [0.2, 0.25) is 0 Å². The second kappa shape index (κ2) is 12.8. The lowest BCUT2D eigenvalue weighted by molar-refractivity contribution is -0.142. The molecule has 0 saturated heterocycles. The van der Waals surface area contributed by atoms with Crippen molar-refractivity contribution >= 4 is 21.8 Å². The number of rotatable bonds is 5. The summed E-state index contributed by atoms with van der Waals surface area (Å²) in [6.07, 6.45) is -10.00. The second-order valence-corrected chi connectivity index (χ2v) is 12.4. The predicted octanol–water partition coefficient (Wildman–Crippen LogP) is 12.2. The molecule has 0 N–H and O–H groups in total. The molecule has 0 aliphatic carbocycles. The van der Waals surface area contributed by atoms with Gasteiger partial charge in [-0.2, -0.15) is 31.6 Å². The number of alkyl halides is 6. The van der Waals surface area contributed by atoms with Crippen LogP contribution in [-0.2, 0) is 12.4 Å². The van der Waals surface area contributed by atoms with E-state index in [9.17, 15) is 31.6 Å². The Bertz CT molecular complexity index is 2650. The number of benzene rings is 6. The van der Waals surface area contributed by atoms with Crippen LogP contribution >= 0.6 is 0 Å². The summed E-state index contributed by atoms with van der Waals surface area (Å²) in [4.78, 5) is 9.82. The molecule has 0 atom stereocenters. The van der Waals surface area contributed by atoms with Crippen molar-refractivity contribution in [1.29, 1.82) is 5.26 Å². The summed E-state index contributed by atoms with van der Waals surface area (Å²) in [6.45, 7) is 0. The average molecular weight is 711 g/mol. The molecule has 2 heterocycles. The summed E-state index contributed by atoms with van der Waals surface area (Å²) >= 11 is 0. The van der Waals surface area contributed by atoms with Gasteiger partial charge in [0.15, 0.2) is 5.82 Å². The molecular formula is C43H24F6N4. The summed E-state index contributed by atoms with van der Waals surface area (Å²) in [5.41, 5.74) is 2.45. The van der Waals surface area contributed by atoms with Crippen LogP contribution < -0.4 is 0 Å². The number of hydrogen-bond acceptors (Lipinski definition) is 3. The lowest BCUT2D eigenvalue weighted by Crippen LogP contribution is -2.12. The molecule has 258 valence electrons. The van der Waals surface area contributed by atoms with E-state index in [1.54, 1.807) is 30.3 Å². The van der Waals surface area contributed by atoms with Crippen LogP contribution in [0.4, 0.5) is 26.3 Å². The summed E-state index contributed by atoms with van der Waals surface area (Å²) in [7, 11) is 0. The predicted molar refractivity (Wildman–Crippen MR) is 193 cm³/mol. The zero-order valence-corrected chi connectivity index (χ0v) is 27.4. The monoisotopic (exact) mass is 710 g/mol. The minimum absolute atomic E-state index is 0.0860. The minimum Gasteiger partial charge on any atom is -0.309 e. The van der Waals surface area contributed by atoms with Crippen LogP contribution in [0, 0.1) is 11.3 Å². The molecule has 0 fully saturated rings. The van der Waals surface area contributed by atoms with Gasteiger partial charge < -0.3 is 4.57 Å². The van der Waals surface area contributed by atoms with Gasteiger partial charge in [0.1, 0.15) is 0 Å². The first-order valence-electron chi connectivity index (χ1n) is 16.4. The van der Waals surface area contributed by atoms with Gasteiger partial charge in [-0.1, -0.05) is 97.1 Å². The van der Waals surface area contributed by atoms with Gasteiger partial charge in [0.25, 0.3) is 0 Å². The number of hydrogen-bond donors (Lipinski definition) is 0. The van der Waals surface area contributed by atoms with Crippen molar-refractivity contribution in [1.82, 2.24) is 14.5 Å². The first kappa shape index (κ1) is 33.4. The van der Waals surface area contributed by atoms with Crippen molar-refractivity contribution in [2.75, 3.05) is 0 Å². The molecule has 4 nitrogen and oxygen atoms in total. The Balaban J connectivity index is 1.36. The molecule has 0 amide bonds. The molecule has 0 unspecified atom stereocenters.